The lowest BCUT2D eigenvalue weighted by Crippen LogP contribution is -2.28. The lowest BCUT2D eigenvalue weighted by molar-refractivity contribution is -0.116. The quantitative estimate of drug-likeness (QED) is 0.503. The number of hydrogen-bond acceptors (Lipinski definition) is 10. The Morgan fingerprint density at radius 3 is 2.31 bits per heavy atom. The monoisotopic (exact) mass is 478 g/mol. The number of carbonyl (C=O) groups is 4. The lowest BCUT2D eigenvalue weighted by atomic mass is 10.1. The molecule has 0 saturated carbocycles. The van der Waals surface area contributed by atoms with Crippen molar-refractivity contribution >= 4 is 61.6 Å². The van der Waals surface area contributed by atoms with Crippen molar-refractivity contribution in [1.29, 1.82) is 0 Å². The number of nitrogens with one attached hydrogen (secondary N) is 1. The molecule has 0 bridgehead atoms. The minimum Gasteiger partial charge on any atom is -0.465 e. The zero-order valence-corrected chi connectivity index (χ0v) is 19.1. The maximum Gasteiger partial charge on any atom is 0.348 e. The second-order valence-corrected chi connectivity index (χ2v) is 8.59. The topological polar surface area (TPSA) is 160 Å². The average Bonchev–Trinajstić information content (AvgIpc) is 3.26. The molecule has 0 unspecified atom stereocenters. The first-order valence-electron chi connectivity index (χ1n) is 8.98. The number of carbonyl (C=O) groups excluding carboxylic acids is 4. The SMILES string of the molecule is COC(=O)c1sc(NC(=O)Cn2cnc3sc(C(N)=O)c(C)c3c2=O)c(C(=O)OC)c1C. The van der Waals surface area contributed by atoms with Gasteiger partial charge in [-0.3, -0.25) is 19.0 Å². The molecular formula is C19H18N4O7S2. The number of primary amides is 1. The molecule has 32 heavy (non-hydrogen) atoms. The Balaban J connectivity index is 1.95. The number of thiophene rings is 2. The number of aromatic nitrogens is 2. The van der Waals surface area contributed by atoms with Crippen molar-refractivity contribution in [3.8, 4) is 0 Å². The number of hydrogen-bond donors (Lipinski definition) is 2. The summed E-state index contributed by atoms with van der Waals surface area (Å²) in [6.45, 7) is 2.69. The summed E-state index contributed by atoms with van der Waals surface area (Å²) in [6, 6.07) is 0. The van der Waals surface area contributed by atoms with Gasteiger partial charge in [-0.25, -0.2) is 14.6 Å². The fourth-order valence-electron chi connectivity index (χ4n) is 3.06. The first kappa shape index (κ1) is 23.1. The zero-order chi connectivity index (χ0) is 23.7. The number of fused-ring (bicyclic) bond motifs is 1. The van der Waals surface area contributed by atoms with Crippen molar-refractivity contribution < 1.29 is 28.7 Å². The molecule has 3 N–H and O–H groups in total. The van der Waals surface area contributed by atoms with Gasteiger partial charge in [0.1, 0.15) is 21.3 Å². The highest BCUT2D eigenvalue weighted by Crippen LogP contribution is 2.34. The van der Waals surface area contributed by atoms with E-state index in [9.17, 15) is 24.0 Å². The molecule has 0 aliphatic carbocycles. The van der Waals surface area contributed by atoms with Gasteiger partial charge in [0.15, 0.2) is 0 Å². The maximum atomic E-state index is 12.8. The van der Waals surface area contributed by atoms with Gasteiger partial charge >= 0.3 is 11.9 Å². The highest BCUT2D eigenvalue weighted by Gasteiger charge is 2.27. The molecule has 2 amide bonds. The standard InChI is InChI=1S/C19H18N4O7S2/c1-7-10-15(31-12(7)14(20)25)21-6-23(17(10)26)5-9(24)22-16-11(18(27)29-3)8(2)13(32-16)19(28)30-4/h6H,5H2,1-4H3,(H2,20,25)(H,22,24). The summed E-state index contributed by atoms with van der Waals surface area (Å²) in [7, 11) is 2.37. The molecule has 0 radical (unpaired) electrons. The van der Waals surface area contributed by atoms with Crippen molar-refractivity contribution in [2.45, 2.75) is 20.4 Å². The van der Waals surface area contributed by atoms with Gasteiger partial charge < -0.3 is 20.5 Å². The van der Waals surface area contributed by atoms with Crippen LogP contribution in [0.25, 0.3) is 10.2 Å². The van der Waals surface area contributed by atoms with Crippen LogP contribution in [0, 0.1) is 13.8 Å². The van der Waals surface area contributed by atoms with E-state index >= 15 is 0 Å². The van der Waals surface area contributed by atoms with Crippen LogP contribution in [0.4, 0.5) is 5.00 Å². The molecule has 3 rings (SSSR count). The lowest BCUT2D eigenvalue weighted by Gasteiger charge is -2.08. The van der Waals surface area contributed by atoms with Gasteiger partial charge in [0.2, 0.25) is 5.91 Å². The molecule has 3 aromatic rings. The first-order chi connectivity index (χ1) is 15.1. The largest absolute Gasteiger partial charge is 0.465 e. The second-order valence-electron chi connectivity index (χ2n) is 6.57. The van der Waals surface area contributed by atoms with Crippen LogP contribution in [-0.2, 0) is 20.8 Å². The predicted molar refractivity (Wildman–Crippen MR) is 117 cm³/mol. The summed E-state index contributed by atoms with van der Waals surface area (Å²) in [5.41, 5.74) is 5.53. The molecule has 0 aliphatic rings. The van der Waals surface area contributed by atoms with Crippen molar-refractivity contribution in [1.82, 2.24) is 9.55 Å². The molecule has 0 atom stereocenters. The van der Waals surface area contributed by atoms with E-state index in [-0.39, 0.29) is 25.7 Å². The second kappa shape index (κ2) is 8.88. The van der Waals surface area contributed by atoms with E-state index in [2.05, 4.69) is 10.3 Å². The third kappa shape index (κ3) is 3.99. The number of rotatable bonds is 6. The molecule has 168 valence electrons. The Labute approximate surface area is 188 Å². The predicted octanol–water partition coefficient (Wildman–Crippen LogP) is 1.45. The van der Waals surface area contributed by atoms with E-state index < -0.39 is 35.9 Å². The van der Waals surface area contributed by atoms with E-state index in [1.165, 1.54) is 27.5 Å². The van der Waals surface area contributed by atoms with Crippen molar-refractivity contribution in [2.24, 2.45) is 5.73 Å². The third-order valence-corrected chi connectivity index (χ3v) is 7.02. The molecule has 0 aliphatic heterocycles. The van der Waals surface area contributed by atoms with Crippen LogP contribution in [0.15, 0.2) is 11.1 Å². The summed E-state index contributed by atoms with van der Waals surface area (Å²) in [5, 5.41) is 2.83. The normalized spacial score (nSPS) is 10.8. The molecule has 11 nitrogen and oxygen atoms in total. The van der Waals surface area contributed by atoms with Gasteiger partial charge in [0.25, 0.3) is 11.5 Å². The van der Waals surface area contributed by atoms with Gasteiger partial charge in [-0.15, -0.1) is 22.7 Å². The molecule has 3 aromatic heterocycles. The van der Waals surface area contributed by atoms with Gasteiger partial charge in [-0.2, -0.15) is 0 Å². The Bertz CT molecular complexity index is 1340. The van der Waals surface area contributed by atoms with Crippen LogP contribution < -0.4 is 16.6 Å². The van der Waals surface area contributed by atoms with Crippen LogP contribution in [0.1, 0.15) is 40.8 Å². The van der Waals surface area contributed by atoms with Crippen LogP contribution in [0.3, 0.4) is 0 Å². The van der Waals surface area contributed by atoms with E-state index in [1.54, 1.807) is 6.92 Å². The maximum absolute atomic E-state index is 12.8. The highest BCUT2D eigenvalue weighted by molar-refractivity contribution is 7.20. The van der Waals surface area contributed by atoms with Crippen molar-refractivity contribution in [2.75, 3.05) is 19.5 Å². The average molecular weight is 479 g/mol. The van der Waals surface area contributed by atoms with Crippen LogP contribution >= 0.6 is 22.7 Å². The van der Waals surface area contributed by atoms with Gasteiger partial charge in [-0.05, 0) is 25.0 Å². The van der Waals surface area contributed by atoms with Gasteiger partial charge in [-0.1, -0.05) is 0 Å². The summed E-state index contributed by atoms with van der Waals surface area (Å²) in [6.07, 6.45) is 1.19. The molecule has 0 saturated heterocycles. The van der Waals surface area contributed by atoms with E-state index in [0.717, 1.165) is 27.2 Å². The summed E-state index contributed by atoms with van der Waals surface area (Å²) < 4.78 is 10.5. The minimum atomic E-state index is -0.739. The number of nitrogens with two attached hydrogens (primary N) is 1. The van der Waals surface area contributed by atoms with Gasteiger partial charge in [0.05, 0.1) is 36.4 Å². The molecular weight excluding hydrogens is 460 g/mol. The summed E-state index contributed by atoms with van der Waals surface area (Å²) >= 11 is 1.86. The number of aryl methyl sites for hydroxylation is 1. The smallest absolute Gasteiger partial charge is 0.348 e. The Kier molecular flexibility index (Phi) is 6.41. The fourth-order valence-corrected chi connectivity index (χ4v) is 5.19. The van der Waals surface area contributed by atoms with Crippen LogP contribution in [-0.4, -0.2) is 47.5 Å². The highest BCUT2D eigenvalue weighted by atomic mass is 32.1. The van der Waals surface area contributed by atoms with Gasteiger partial charge in [0, 0.05) is 0 Å². The molecule has 0 fully saturated rings. The Morgan fingerprint density at radius 1 is 1.06 bits per heavy atom. The number of methoxy groups -OCH3 is 2. The number of nitrogens with zero attached hydrogens (tertiary/aromatic N) is 2. The number of esters is 2. The minimum absolute atomic E-state index is 0.0203. The number of amides is 2. The zero-order valence-electron chi connectivity index (χ0n) is 17.4. The molecule has 13 heteroatoms. The fraction of sp³-hybridized carbons (Fsp3) is 0.263. The molecule has 0 aromatic carbocycles. The van der Waals surface area contributed by atoms with E-state index in [4.69, 9.17) is 15.2 Å². The van der Waals surface area contributed by atoms with E-state index in [1.807, 2.05) is 0 Å². The Morgan fingerprint density at radius 2 is 1.72 bits per heavy atom. The van der Waals surface area contributed by atoms with E-state index in [0.29, 0.717) is 16.0 Å². The number of ether oxygens (including phenoxy) is 2. The Hall–Kier alpha value is -3.58. The summed E-state index contributed by atoms with van der Waals surface area (Å²) in [5.74, 6) is -2.71. The number of anilines is 1. The first-order valence-corrected chi connectivity index (χ1v) is 10.6. The van der Waals surface area contributed by atoms with Crippen LogP contribution in [0.5, 0.6) is 0 Å². The van der Waals surface area contributed by atoms with Crippen molar-refractivity contribution in [3.63, 3.8) is 0 Å². The third-order valence-electron chi connectivity index (χ3n) is 4.62. The van der Waals surface area contributed by atoms with Crippen molar-refractivity contribution in [3.05, 3.63) is 43.1 Å². The molecule has 3 heterocycles. The summed E-state index contributed by atoms with van der Waals surface area (Å²) in [4.78, 5) is 66.0. The molecule has 0 spiro atoms. The van der Waals surface area contributed by atoms with Crippen LogP contribution in [0.2, 0.25) is 0 Å².